The van der Waals surface area contributed by atoms with Crippen LogP contribution in [0.15, 0.2) is 59.4 Å². The van der Waals surface area contributed by atoms with Gasteiger partial charge >= 0.3 is 0 Å². The molecule has 1 aromatic heterocycles. The van der Waals surface area contributed by atoms with Crippen LogP contribution >= 0.6 is 0 Å². The van der Waals surface area contributed by atoms with E-state index in [0.29, 0.717) is 23.7 Å². The zero-order valence-corrected chi connectivity index (χ0v) is 18.4. The summed E-state index contributed by atoms with van der Waals surface area (Å²) in [5.74, 6) is -0.484. The molecule has 1 aliphatic rings. The molecular weight excluding hydrogens is 404 g/mol. The summed E-state index contributed by atoms with van der Waals surface area (Å²) in [4.78, 5) is 39.1. The van der Waals surface area contributed by atoms with Crippen molar-refractivity contribution in [1.29, 1.82) is 0 Å². The quantitative estimate of drug-likeness (QED) is 0.572. The molecule has 2 N–H and O–H groups in total. The highest BCUT2D eigenvalue weighted by Crippen LogP contribution is 2.19. The van der Waals surface area contributed by atoms with Crippen LogP contribution in [0.4, 0.5) is 0 Å². The van der Waals surface area contributed by atoms with Crippen molar-refractivity contribution in [3.8, 4) is 0 Å². The fourth-order valence-corrected chi connectivity index (χ4v) is 3.69. The second-order valence-electron chi connectivity index (χ2n) is 8.77. The van der Waals surface area contributed by atoms with E-state index < -0.39 is 11.9 Å². The highest BCUT2D eigenvalue weighted by atomic mass is 16.2. The van der Waals surface area contributed by atoms with Gasteiger partial charge in [-0.15, -0.1) is 0 Å². The van der Waals surface area contributed by atoms with Gasteiger partial charge in [-0.2, -0.15) is 5.10 Å². The molecule has 4 rings (SSSR count). The van der Waals surface area contributed by atoms with Crippen LogP contribution in [0.25, 0.3) is 10.8 Å². The van der Waals surface area contributed by atoms with Crippen molar-refractivity contribution in [3.63, 3.8) is 0 Å². The molecule has 32 heavy (non-hydrogen) atoms. The van der Waals surface area contributed by atoms with Gasteiger partial charge in [0, 0.05) is 24.4 Å². The van der Waals surface area contributed by atoms with E-state index in [1.54, 1.807) is 24.3 Å². The molecule has 3 aromatic rings. The van der Waals surface area contributed by atoms with Crippen LogP contribution in [-0.4, -0.2) is 33.7 Å². The van der Waals surface area contributed by atoms with Gasteiger partial charge in [-0.05, 0) is 30.4 Å². The Morgan fingerprint density at radius 1 is 1.03 bits per heavy atom. The van der Waals surface area contributed by atoms with Crippen molar-refractivity contribution < 1.29 is 9.59 Å². The predicted molar refractivity (Wildman–Crippen MR) is 123 cm³/mol. The Labute approximate surface area is 186 Å². The lowest BCUT2D eigenvalue weighted by molar-refractivity contribution is -0.123. The smallest absolute Gasteiger partial charge is 0.274 e. The van der Waals surface area contributed by atoms with E-state index in [0.717, 1.165) is 18.4 Å². The number of carbonyl (C=O) groups is 2. The van der Waals surface area contributed by atoms with Crippen LogP contribution in [0.5, 0.6) is 0 Å². The van der Waals surface area contributed by atoms with Crippen molar-refractivity contribution in [1.82, 2.24) is 20.4 Å². The Hall–Kier alpha value is -3.48. The summed E-state index contributed by atoms with van der Waals surface area (Å²) in [6, 6.07) is 16.0. The molecule has 0 saturated heterocycles. The van der Waals surface area contributed by atoms with Crippen molar-refractivity contribution >= 4 is 22.6 Å². The van der Waals surface area contributed by atoms with Crippen LogP contribution in [0.1, 0.15) is 42.7 Å². The maximum absolute atomic E-state index is 13.3. The maximum atomic E-state index is 13.3. The van der Waals surface area contributed by atoms with E-state index in [1.807, 2.05) is 44.2 Å². The summed E-state index contributed by atoms with van der Waals surface area (Å²) >= 11 is 0. The van der Waals surface area contributed by atoms with Gasteiger partial charge < -0.3 is 10.6 Å². The van der Waals surface area contributed by atoms with Crippen LogP contribution in [0.2, 0.25) is 0 Å². The molecule has 1 unspecified atom stereocenters. The number of carbonyl (C=O) groups excluding carboxylic acids is 2. The van der Waals surface area contributed by atoms with E-state index in [2.05, 4.69) is 15.7 Å². The van der Waals surface area contributed by atoms with E-state index in [1.165, 1.54) is 4.68 Å². The SMILES string of the molecule is CC(C)Cn1nc(C(=O)NC(Cc2ccccc2)C(=O)NC2CC2)c2ccccc2c1=O. The molecule has 166 valence electrons. The van der Waals surface area contributed by atoms with Crippen LogP contribution in [-0.2, 0) is 17.8 Å². The van der Waals surface area contributed by atoms with Crippen molar-refractivity contribution in [2.45, 2.75) is 51.7 Å². The van der Waals surface area contributed by atoms with Crippen LogP contribution < -0.4 is 16.2 Å². The maximum Gasteiger partial charge on any atom is 0.274 e. The van der Waals surface area contributed by atoms with Gasteiger partial charge in [0.1, 0.15) is 6.04 Å². The van der Waals surface area contributed by atoms with Gasteiger partial charge in [-0.25, -0.2) is 4.68 Å². The van der Waals surface area contributed by atoms with Crippen LogP contribution in [0, 0.1) is 5.92 Å². The Bertz CT molecular complexity index is 1180. The molecule has 0 radical (unpaired) electrons. The predicted octanol–water partition coefficient (Wildman–Crippen LogP) is 2.67. The average molecular weight is 433 g/mol. The highest BCUT2D eigenvalue weighted by molar-refractivity contribution is 6.06. The van der Waals surface area contributed by atoms with E-state index in [9.17, 15) is 14.4 Å². The Morgan fingerprint density at radius 2 is 1.69 bits per heavy atom. The highest BCUT2D eigenvalue weighted by Gasteiger charge is 2.29. The van der Waals surface area contributed by atoms with E-state index >= 15 is 0 Å². The third-order valence-electron chi connectivity index (χ3n) is 5.45. The molecule has 7 heteroatoms. The summed E-state index contributed by atoms with van der Waals surface area (Å²) in [5, 5.41) is 11.2. The summed E-state index contributed by atoms with van der Waals surface area (Å²) in [5.41, 5.74) is 0.877. The number of aromatic nitrogens is 2. The topological polar surface area (TPSA) is 93.1 Å². The molecule has 1 atom stereocenters. The normalized spacial score (nSPS) is 14.3. The lowest BCUT2D eigenvalue weighted by atomic mass is 10.0. The fourth-order valence-electron chi connectivity index (χ4n) is 3.69. The summed E-state index contributed by atoms with van der Waals surface area (Å²) in [6.45, 7) is 4.38. The first-order valence-corrected chi connectivity index (χ1v) is 11.1. The minimum absolute atomic E-state index is 0.151. The molecule has 2 amide bonds. The van der Waals surface area contributed by atoms with Crippen molar-refractivity contribution in [2.24, 2.45) is 5.92 Å². The Balaban J connectivity index is 1.67. The van der Waals surface area contributed by atoms with Gasteiger partial charge in [-0.1, -0.05) is 62.4 Å². The molecule has 7 nitrogen and oxygen atoms in total. The van der Waals surface area contributed by atoms with Gasteiger partial charge in [0.05, 0.1) is 5.39 Å². The van der Waals surface area contributed by atoms with Crippen molar-refractivity contribution in [2.75, 3.05) is 0 Å². The molecule has 1 saturated carbocycles. The molecule has 1 fully saturated rings. The lowest BCUT2D eigenvalue weighted by Gasteiger charge is -2.19. The minimum atomic E-state index is -0.739. The van der Waals surface area contributed by atoms with E-state index in [4.69, 9.17) is 0 Å². The average Bonchev–Trinajstić information content (AvgIpc) is 3.59. The number of hydrogen-bond donors (Lipinski definition) is 2. The molecule has 0 bridgehead atoms. The second kappa shape index (κ2) is 9.34. The van der Waals surface area contributed by atoms with Crippen LogP contribution in [0.3, 0.4) is 0 Å². The number of nitrogens with one attached hydrogen (secondary N) is 2. The summed E-state index contributed by atoms with van der Waals surface area (Å²) < 4.78 is 1.35. The first kappa shape index (κ1) is 21.7. The number of fused-ring (bicyclic) bond motifs is 1. The first-order valence-electron chi connectivity index (χ1n) is 11.1. The number of benzene rings is 2. The monoisotopic (exact) mass is 432 g/mol. The summed E-state index contributed by atoms with van der Waals surface area (Å²) in [7, 11) is 0. The largest absolute Gasteiger partial charge is 0.352 e. The van der Waals surface area contributed by atoms with Gasteiger partial charge in [0.2, 0.25) is 5.91 Å². The third kappa shape index (κ3) is 5.04. The fraction of sp³-hybridized carbons (Fsp3) is 0.360. The summed E-state index contributed by atoms with van der Waals surface area (Å²) in [6.07, 6.45) is 2.29. The van der Waals surface area contributed by atoms with Gasteiger partial charge in [-0.3, -0.25) is 14.4 Å². The Kier molecular flexibility index (Phi) is 6.35. The first-order chi connectivity index (χ1) is 15.4. The van der Waals surface area contributed by atoms with E-state index in [-0.39, 0.29) is 29.1 Å². The molecule has 1 aliphatic carbocycles. The second-order valence-corrected chi connectivity index (χ2v) is 8.77. The molecule has 1 heterocycles. The number of rotatable bonds is 8. The zero-order chi connectivity index (χ0) is 22.7. The third-order valence-corrected chi connectivity index (χ3v) is 5.45. The van der Waals surface area contributed by atoms with Gasteiger partial charge in [0.25, 0.3) is 11.5 Å². The minimum Gasteiger partial charge on any atom is -0.352 e. The number of amides is 2. The van der Waals surface area contributed by atoms with Gasteiger partial charge in [0.15, 0.2) is 5.69 Å². The number of nitrogens with zero attached hydrogens (tertiary/aromatic N) is 2. The molecule has 0 aliphatic heterocycles. The standard InChI is InChI=1S/C25H28N4O3/c1-16(2)15-29-25(32)20-11-7-6-10-19(20)22(28-29)24(31)27-21(23(30)26-18-12-13-18)14-17-8-4-3-5-9-17/h3-11,16,18,21H,12-15H2,1-2H3,(H,26,30)(H,27,31). The molecule has 0 spiro atoms. The lowest BCUT2D eigenvalue weighted by Crippen LogP contribution is -2.49. The molecule has 2 aromatic carbocycles. The van der Waals surface area contributed by atoms with Crippen molar-refractivity contribution in [3.05, 3.63) is 76.2 Å². The zero-order valence-electron chi connectivity index (χ0n) is 18.4. The molecular formula is C25H28N4O3. The number of hydrogen-bond acceptors (Lipinski definition) is 4. The Morgan fingerprint density at radius 3 is 2.34 bits per heavy atom.